The first-order valence-electron chi connectivity index (χ1n) is 4.40. The molecule has 74 valence electrons. The summed E-state index contributed by atoms with van der Waals surface area (Å²) in [6.07, 6.45) is 1.90. The first-order chi connectivity index (χ1) is 6.66. The largest absolute Gasteiger partial charge is 0.444 e. The van der Waals surface area contributed by atoms with Crippen LogP contribution in [0.2, 0.25) is 0 Å². The molecule has 0 saturated carbocycles. The van der Waals surface area contributed by atoms with Gasteiger partial charge < -0.3 is 9.32 Å². The van der Waals surface area contributed by atoms with Crippen molar-refractivity contribution >= 4 is 11.7 Å². The Balaban J connectivity index is 2.05. The molecule has 1 aliphatic rings. The maximum atomic E-state index is 11.2. The Morgan fingerprint density at radius 1 is 1.57 bits per heavy atom. The van der Waals surface area contributed by atoms with E-state index in [0.29, 0.717) is 31.2 Å². The van der Waals surface area contributed by atoms with Gasteiger partial charge in [0.05, 0.1) is 12.7 Å². The van der Waals surface area contributed by atoms with Crippen LogP contribution in [0.4, 0.5) is 0 Å². The normalized spacial score (nSPS) is 16.8. The average Bonchev–Trinajstić information content (AvgIpc) is 2.67. The molecule has 1 aromatic rings. The summed E-state index contributed by atoms with van der Waals surface area (Å²) in [5.74, 6) is 0.428. The summed E-state index contributed by atoms with van der Waals surface area (Å²) < 4.78 is 5.21. The summed E-state index contributed by atoms with van der Waals surface area (Å²) in [7, 11) is 0. The second-order valence-corrected chi connectivity index (χ2v) is 3.26. The molecule has 1 saturated heterocycles. The van der Waals surface area contributed by atoms with Gasteiger partial charge in [-0.25, -0.2) is 4.98 Å². The molecular weight excluding hydrogens is 184 g/mol. The molecule has 0 aliphatic carbocycles. The summed E-state index contributed by atoms with van der Waals surface area (Å²) in [5.41, 5.74) is 0. The zero-order chi connectivity index (χ0) is 10.1. The predicted molar refractivity (Wildman–Crippen MR) is 46.3 cm³/mol. The molecule has 0 N–H and O–H groups in total. The van der Waals surface area contributed by atoms with Crippen molar-refractivity contribution in [3.05, 3.63) is 17.8 Å². The van der Waals surface area contributed by atoms with E-state index in [4.69, 9.17) is 4.42 Å². The molecule has 1 aromatic heterocycles. The van der Waals surface area contributed by atoms with Crippen LogP contribution in [0.3, 0.4) is 0 Å². The first kappa shape index (κ1) is 8.93. The molecular formula is C9H10N2O3. The molecule has 2 rings (SSSR count). The minimum Gasteiger partial charge on any atom is -0.444 e. The SMILES string of the molecule is Cc1cnc(CN2CCC(=O)C2=O)o1. The molecule has 14 heavy (non-hydrogen) atoms. The summed E-state index contributed by atoms with van der Waals surface area (Å²) in [6.45, 7) is 2.55. The van der Waals surface area contributed by atoms with Gasteiger partial charge in [-0.3, -0.25) is 9.59 Å². The maximum Gasteiger partial charge on any atom is 0.290 e. The van der Waals surface area contributed by atoms with Crippen molar-refractivity contribution in [2.24, 2.45) is 0 Å². The summed E-state index contributed by atoms with van der Waals surface area (Å²) in [5, 5.41) is 0. The number of hydrogen-bond donors (Lipinski definition) is 0. The van der Waals surface area contributed by atoms with E-state index in [0.717, 1.165) is 0 Å². The highest BCUT2D eigenvalue weighted by molar-refractivity contribution is 6.37. The molecule has 0 unspecified atom stereocenters. The highest BCUT2D eigenvalue weighted by atomic mass is 16.4. The van der Waals surface area contributed by atoms with Crippen LogP contribution in [-0.4, -0.2) is 28.1 Å². The highest BCUT2D eigenvalue weighted by Gasteiger charge is 2.29. The number of ketones is 1. The van der Waals surface area contributed by atoms with E-state index in [1.165, 1.54) is 4.90 Å². The number of carbonyl (C=O) groups excluding carboxylic acids is 2. The summed E-state index contributed by atoms with van der Waals surface area (Å²) >= 11 is 0. The summed E-state index contributed by atoms with van der Waals surface area (Å²) in [6, 6.07) is 0. The maximum absolute atomic E-state index is 11.2. The van der Waals surface area contributed by atoms with Crippen LogP contribution in [-0.2, 0) is 16.1 Å². The van der Waals surface area contributed by atoms with Gasteiger partial charge in [-0.2, -0.15) is 0 Å². The molecule has 0 aromatic carbocycles. The minimum atomic E-state index is -0.430. The Kier molecular flexibility index (Phi) is 2.07. The zero-order valence-corrected chi connectivity index (χ0v) is 7.82. The second-order valence-electron chi connectivity index (χ2n) is 3.26. The predicted octanol–water partition coefficient (Wildman–Crippen LogP) is 0.284. The molecule has 2 heterocycles. The van der Waals surface area contributed by atoms with Crippen LogP contribution < -0.4 is 0 Å². The van der Waals surface area contributed by atoms with Gasteiger partial charge in [0.2, 0.25) is 11.7 Å². The van der Waals surface area contributed by atoms with Crippen LogP contribution in [0, 0.1) is 6.92 Å². The van der Waals surface area contributed by atoms with E-state index in [1.807, 2.05) is 0 Å². The fraction of sp³-hybridized carbons (Fsp3) is 0.444. The highest BCUT2D eigenvalue weighted by Crippen LogP contribution is 2.11. The first-order valence-corrected chi connectivity index (χ1v) is 4.40. The van der Waals surface area contributed by atoms with Crippen molar-refractivity contribution in [2.75, 3.05) is 6.54 Å². The third kappa shape index (κ3) is 1.53. The van der Waals surface area contributed by atoms with Gasteiger partial charge in [0.15, 0.2) is 0 Å². The van der Waals surface area contributed by atoms with Gasteiger partial charge >= 0.3 is 0 Å². The Morgan fingerprint density at radius 2 is 2.36 bits per heavy atom. The third-order valence-electron chi connectivity index (χ3n) is 2.13. The third-order valence-corrected chi connectivity index (χ3v) is 2.13. The summed E-state index contributed by atoms with van der Waals surface area (Å²) in [4.78, 5) is 27.6. The molecule has 1 amide bonds. The van der Waals surface area contributed by atoms with Gasteiger partial charge in [0.1, 0.15) is 5.76 Å². The van der Waals surface area contributed by atoms with Crippen LogP contribution >= 0.6 is 0 Å². The van der Waals surface area contributed by atoms with E-state index in [1.54, 1.807) is 13.1 Å². The van der Waals surface area contributed by atoms with Crippen LogP contribution in [0.1, 0.15) is 18.1 Å². The van der Waals surface area contributed by atoms with E-state index in [9.17, 15) is 9.59 Å². The molecule has 1 aliphatic heterocycles. The number of hydrogen-bond acceptors (Lipinski definition) is 4. The lowest BCUT2D eigenvalue weighted by molar-refractivity contribution is -0.140. The van der Waals surface area contributed by atoms with Gasteiger partial charge in [0.25, 0.3) is 5.91 Å². The number of aryl methyl sites for hydroxylation is 1. The lowest BCUT2D eigenvalue weighted by Gasteiger charge is -2.10. The van der Waals surface area contributed by atoms with E-state index < -0.39 is 5.91 Å². The fourth-order valence-corrected chi connectivity index (χ4v) is 1.41. The number of Topliss-reactive ketones (excluding diaryl/α,β-unsaturated/α-hetero) is 1. The van der Waals surface area contributed by atoms with Crippen molar-refractivity contribution in [2.45, 2.75) is 19.9 Å². The van der Waals surface area contributed by atoms with Crippen molar-refractivity contribution in [3.63, 3.8) is 0 Å². The number of likely N-dealkylation sites (tertiary alicyclic amines) is 1. The van der Waals surface area contributed by atoms with Crippen LogP contribution in [0.25, 0.3) is 0 Å². The average molecular weight is 194 g/mol. The Bertz CT molecular complexity index is 383. The number of amides is 1. The van der Waals surface area contributed by atoms with Crippen molar-refractivity contribution in [1.29, 1.82) is 0 Å². The molecule has 0 atom stereocenters. The van der Waals surface area contributed by atoms with Gasteiger partial charge in [-0.05, 0) is 6.92 Å². The lowest BCUT2D eigenvalue weighted by Crippen LogP contribution is -2.26. The molecule has 0 spiro atoms. The quantitative estimate of drug-likeness (QED) is 0.634. The molecule has 0 bridgehead atoms. The van der Waals surface area contributed by atoms with Crippen LogP contribution in [0.15, 0.2) is 10.6 Å². The second kappa shape index (κ2) is 3.25. The van der Waals surface area contributed by atoms with E-state index in [-0.39, 0.29) is 5.78 Å². The van der Waals surface area contributed by atoms with Gasteiger partial charge in [-0.1, -0.05) is 0 Å². The van der Waals surface area contributed by atoms with E-state index >= 15 is 0 Å². The van der Waals surface area contributed by atoms with Crippen molar-refractivity contribution in [3.8, 4) is 0 Å². The lowest BCUT2D eigenvalue weighted by atomic mass is 10.3. The number of oxazole rings is 1. The minimum absolute atomic E-state index is 0.290. The topological polar surface area (TPSA) is 63.4 Å². The number of nitrogens with zero attached hydrogens (tertiary/aromatic N) is 2. The fourth-order valence-electron chi connectivity index (χ4n) is 1.41. The Labute approximate surface area is 80.7 Å². The molecule has 0 radical (unpaired) electrons. The Hall–Kier alpha value is -1.65. The van der Waals surface area contributed by atoms with Crippen molar-refractivity contribution in [1.82, 2.24) is 9.88 Å². The molecule has 1 fully saturated rings. The number of carbonyl (C=O) groups is 2. The standard InChI is InChI=1S/C9H10N2O3/c1-6-4-10-8(14-6)5-11-3-2-7(12)9(11)13/h4H,2-3,5H2,1H3. The zero-order valence-electron chi connectivity index (χ0n) is 7.82. The van der Waals surface area contributed by atoms with Crippen molar-refractivity contribution < 1.29 is 14.0 Å². The number of aromatic nitrogens is 1. The smallest absolute Gasteiger partial charge is 0.290 e. The molecule has 5 heteroatoms. The number of rotatable bonds is 2. The van der Waals surface area contributed by atoms with Gasteiger partial charge in [-0.15, -0.1) is 0 Å². The van der Waals surface area contributed by atoms with E-state index in [2.05, 4.69) is 4.98 Å². The monoisotopic (exact) mass is 194 g/mol. The molecule has 5 nitrogen and oxygen atoms in total. The Morgan fingerprint density at radius 3 is 2.86 bits per heavy atom. The van der Waals surface area contributed by atoms with Gasteiger partial charge in [0, 0.05) is 13.0 Å². The van der Waals surface area contributed by atoms with Crippen LogP contribution in [0.5, 0.6) is 0 Å².